The third-order valence-electron chi connectivity index (χ3n) is 5.64. The molecule has 0 spiro atoms. The zero-order valence-corrected chi connectivity index (χ0v) is 19.8. The first-order chi connectivity index (χ1) is 15.0. The zero-order valence-electron chi connectivity index (χ0n) is 19.8. The molecule has 178 valence electrons. The number of rotatable bonds is 17. The van der Waals surface area contributed by atoms with Crippen LogP contribution in [0.3, 0.4) is 0 Å². The van der Waals surface area contributed by atoms with Crippen molar-refractivity contribution < 1.29 is 24.2 Å². The number of esters is 2. The molecule has 8 heteroatoms. The molecule has 0 aliphatic carbocycles. The van der Waals surface area contributed by atoms with Gasteiger partial charge in [0.1, 0.15) is 0 Å². The molecule has 0 amide bonds. The molecule has 0 saturated carbocycles. The highest BCUT2D eigenvalue weighted by Crippen LogP contribution is 2.17. The Morgan fingerprint density at radius 1 is 0.903 bits per heavy atom. The number of carbonyl (C=O) groups is 2. The number of aliphatic hydroxyl groups is 1. The minimum Gasteiger partial charge on any atom is -0.461 e. The van der Waals surface area contributed by atoms with Crippen LogP contribution < -0.4 is 0 Å². The van der Waals surface area contributed by atoms with Crippen LogP contribution in [0, 0.1) is 11.8 Å². The van der Waals surface area contributed by atoms with E-state index in [1.807, 2.05) is 0 Å². The van der Waals surface area contributed by atoms with Gasteiger partial charge in [-0.3, -0.25) is 0 Å². The lowest BCUT2D eigenvalue weighted by Gasteiger charge is -2.16. The Hall–Kier alpha value is -1.96. The monoisotopic (exact) mass is 439 g/mol. The van der Waals surface area contributed by atoms with E-state index >= 15 is 0 Å². The standard InChI is InChI=1S/C23H41N3O5/c1-5-9-12-18(7-3)16-30-22(28)20-21(26(25-24-20)14-11-15-27)23(29)31-17-19(8-4)13-10-6-2/h18-19,27H,5-17H2,1-4H3. The third kappa shape index (κ3) is 9.37. The van der Waals surface area contributed by atoms with Crippen molar-refractivity contribution >= 4 is 11.9 Å². The molecule has 1 aromatic heterocycles. The molecule has 0 bridgehead atoms. The van der Waals surface area contributed by atoms with Gasteiger partial charge in [-0.15, -0.1) is 5.10 Å². The van der Waals surface area contributed by atoms with E-state index in [4.69, 9.17) is 14.6 Å². The quantitative estimate of drug-likeness (QED) is 0.359. The first kappa shape index (κ1) is 27.1. The normalized spacial score (nSPS) is 13.1. The lowest BCUT2D eigenvalue weighted by atomic mass is 10.0. The Morgan fingerprint density at radius 3 is 1.94 bits per heavy atom. The van der Waals surface area contributed by atoms with E-state index in [1.165, 1.54) is 4.68 Å². The van der Waals surface area contributed by atoms with Crippen LogP contribution in [0.25, 0.3) is 0 Å². The second-order valence-corrected chi connectivity index (χ2v) is 8.12. The highest BCUT2D eigenvalue weighted by molar-refractivity contribution is 6.00. The van der Waals surface area contributed by atoms with Crippen LogP contribution in [-0.4, -0.2) is 51.9 Å². The molecule has 1 aromatic rings. The Balaban J connectivity index is 2.89. The molecule has 1 rings (SSSR count). The molecule has 0 radical (unpaired) electrons. The fourth-order valence-corrected chi connectivity index (χ4v) is 3.35. The van der Waals surface area contributed by atoms with Crippen molar-refractivity contribution in [3.63, 3.8) is 0 Å². The molecule has 0 aromatic carbocycles. The van der Waals surface area contributed by atoms with Crippen LogP contribution in [0.4, 0.5) is 0 Å². The van der Waals surface area contributed by atoms with Gasteiger partial charge >= 0.3 is 11.9 Å². The summed E-state index contributed by atoms with van der Waals surface area (Å²) in [6.07, 6.45) is 8.57. The van der Waals surface area contributed by atoms with Crippen molar-refractivity contribution in [1.82, 2.24) is 15.0 Å². The smallest absolute Gasteiger partial charge is 0.361 e. The van der Waals surface area contributed by atoms with Gasteiger partial charge in [-0.25, -0.2) is 14.3 Å². The van der Waals surface area contributed by atoms with E-state index in [0.29, 0.717) is 19.6 Å². The van der Waals surface area contributed by atoms with Crippen molar-refractivity contribution in [2.24, 2.45) is 11.8 Å². The Labute approximate surface area is 186 Å². The molecule has 1 N–H and O–H groups in total. The topological polar surface area (TPSA) is 104 Å². The maximum absolute atomic E-state index is 12.9. The minimum absolute atomic E-state index is 0.00500. The van der Waals surface area contributed by atoms with E-state index < -0.39 is 11.9 Å². The maximum atomic E-state index is 12.9. The summed E-state index contributed by atoms with van der Waals surface area (Å²) in [5.41, 5.74) is -0.111. The molecular weight excluding hydrogens is 398 g/mol. The number of unbranched alkanes of at least 4 members (excludes halogenated alkanes) is 2. The van der Waals surface area contributed by atoms with E-state index in [0.717, 1.165) is 51.4 Å². The summed E-state index contributed by atoms with van der Waals surface area (Å²) < 4.78 is 12.3. The number of hydrogen-bond acceptors (Lipinski definition) is 7. The summed E-state index contributed by atoms with van der Waals surface area (Å²) in [6.45, 7) is 9.21. The highest BCUT2D eigenvalue weighted by atomic mass is 16.5. The molecule has 1 heterocycles. The van der Waals surface area contributed by atoms with Gasteiger partial charge in [-0.05, 0) is 31.1 Å². The van der Waals surface area contributed by atoms with E-state index in [9.17, 15) is 9.59 Å². The van der Waals surface area contributed by atoms with Crippen molar-refractivity contribution in [1.29, 1.82) is 0 Å². The van der Waals surface area contributed by atoms with Gasteiger partial charge in [0, 0.05) is 13.2 Å². The van der Waals surface area contributed by atoms with Gasteiger partial charge in [-0.1, -0.05) is 71.4 Å². The van der Waals surface area contributed by atoms with Crippen LogP contribution in [0.5, 0.6) is 0 Å². The summed E-state index contributed by atoms with van der Waals surface area (Å²) in [5, 5.41) is 17.0. The van der Waals surface area contributed by atoms with Gasteiger partial charge in [0.2, 0.25) is 5.69 Å². The number of ether oxygens (including phenoxy) is 2. The fourth-order valence-electron chi connectivity index (χ4n) is 3.35. The average molecular weight is 440 g/mol. The van der Waals surface area contributed by atoms with Crippen LogP contribution in [-0.2, 0) is 16.0 Å². The van der Waals surface area contributed by atoms with Crippen LogP contribution >= 0.6 is 0 Å². The first-order valence-corrected chi connectivity index (χ1v) is 11.9. The van der Waals surface area contributed by atoms with E-state index in [-0.39, 0.29) is 36.4 Å². The maximum Gasteiger partial charge on any atom is 0.361 e. The summed E-state index contributed by atoms with van der Waals surface area (Å²) in [4.78, 5) is 25.5. The fraction of sp³-hybridized carbons (Fsp3) is 0.826. The molecule has 0 aliphatic rings. The van der Waals surface area contributed by atoms with Gasteiger partial charge in [-0.2, -0.15) is 0 Å². The van der Waals surface area contributed by atoms with Crippen LogP contribution in [0.15, 0.2) is 0 Å². The van der Waals surface area contributed by atoms with Gasteiger partial charge in [0.15, 0.2) is 5.69 Å². The Morgan fingerprint density at radius 2 is 1.45 bits per heavy atom. The number of hydrogen-bond donors (Lipinski definition) is 1. The van der Waals surface area contributed by atoms with Gasteiger partial charge in [0.25, 0.3) is 0 Å². The molecule has 8 nitrogen and oxygen atoms in total. The predicted molar refractivity (Wildman–Crippen MR) is 119 cm³/mol. The molecule has 0 fully saturated rings. The van der Waals surface area contributed by atoms with Gasteiger partial charge in [0.05, 0.1) is 13.2 Å². The summed E-state index contributed by atoms with van der Waals surface area (Å²) >= 11 is 0. The first-order valence-electron chi connectivity index (χ1n) is 11.9. The van der Waals surface area contributed by atoms with Crippen LogP contribution in [0.1, 0.15) is 106 Å². The Kier molecular flexibility index (Phi) is 13.8. The second kappa shape index (κ2) is 15.8. The van der Waals surface area contributed by atoms with Crippen LogP contribution in [0.2, 0.25) is 0 Å². The molecule has 31 heavy (non-hydrogen) atoms. The summed E-state index contributed by atoms with van der Waals surface area (Å²) in [5.74, 6) is -0.712. The predicted octanol–water partition coefficient (Wildman–Crippen LogP) is 4.41. The Bertz CT molecular complexity index is 647. The molecular formula is C23H41N3O5. The van der Waals surface area contributed by atoms with E-state index in [1.54, 1.807) is 0 Å². The summed E-state index contributed by atoms with van der Waals surface area (Å²) in [6, 6.07) is 0. The molecule has 0 aliphatic heterocycles. The number of aliphatic hydroxyl groups excluding tert-OH is 1. The largest absolute Gasteiger partial charge is 0.461 e. The number of nitrogens with zero attached hydrogens (tertiary/aromatic N) is 3. The van der Waals surface area contributed by atoms with E-state index in [2.05, 4.69) is 38.0 Å². The van der Waals surface area contributed by atoms with Crippen molar-refractivity contribution in [2.45, 2.75) is 92.0 Å². The molecule has 2 atom stereocenters. The summed E-state index contributed by atoms with van der Waals surface area (Å²) in [7, 11) is 0. The number of aromatic nitrogens is 3. The highest BCUT2D eigenvalue weighted by Gasteiger charge is 2.28. The SMILES string of the molecule is CCCCC(CC)COC(=O)c1nnn(CCCO)c1C(=O)OCC(CC)CCCC. The third-order valence-corrected chi connectivity index (χ3v) is 5.64. The zero-order chi connectivity index (χ0) is 23.1. The van der Waals surface area contributed by atoms with Crippen molar-refractivity contribution in [3.8, 4) is 0 Å². The molecule has 2 unspecified atom stereocenters. The van der Waals surface area contributed by atoms with Gasteiger partial charge < -0.3 is 14.6 Å². The van der Waals surface area contributed by atoms with Crippen molar-refractivity contribution in [2.75, 3.05) is 19.8 Å². The minimum atomic E-state index is -0.657. The van der Waals surface area contributed by atoms with Crippen molar-refractivity contribution in [3.05, 3.63) is 11.4 Å². The second-order valence-electron chi connectivity index (χ2n) is 8.12. The lowest BCUT2D eigenvalue weighted by Crippen LogP contribution is -2.22. The lowest BCUT2D eigenvalue weighted by molar-refractivity contribution is 0.0369. The number of carbonyl (C=O) groups excluding carboxylic acids is 2. The number of aryl methyl sites for hydroxylation is 1. The molecule has 0 saturated heterocycles. The average Bonchev–Trinajstić information content (AvgIpc) is 3.21.